The Labute approximate surface area is 118 Å². The zero-order valence-electron chi connectivity index (χ0n) is 11.1. The average molecular weight is 292 g/mol. The van der Waals surface area contributed by atoms with Crippen LogP contribution in [0.15, 0.2) is 41.2 Å². The number of halogens is 3. The van der Waals surface area contributed by atoms with Crippen LogP contribution in [0, 0.1) is 18.3 Å². The predicted molar refractivity (Wildman–Crippen MR) is 70.7 cm³/mol. The van der Waals surface area contributed by atoms with Crippen LogP contribution in [0.5, 0.6) is 0 Å². The lowest BCUT2D eigenvalue weighted by atomic mass is 10.1. The van der Waals surface area contributed by atoms with E-state index in [4.69, 9.17) is 5.26 Å². The molecule has 0 N–H and O–H groups in total. The van der Waals surface area contributed by atoms with E-state index >= 15 is 0 Å². The number of nitrogens with zero attached hydrogens (tertiary/aromatic N) is 2. The summed E-state index contributed by atoms with van der Waals surface area (Å²) in [6.07, 6.45) is -4.38. The minimum Gasteiger partial charge on any atom is -0.307 e. The van der Waals surface area contributed by atoms with Gasteiger partial charge in [0.05, 0.1) is 12.1 Å². The highest BCUT2D eigenvalue weighted by Crippen LogP contribution is 2.29. The normalized spacial score (nSPS) is 11.2. The second-order valence-corrected chi connectivity index (χ2v) is 4.59. The fourth-order valence-corrected chi connectivity index (χ4v) is 1.93. The van der Waals surface area contributed by atoms with E-state index in [2.05, 4.69) is 0 Å². The van der Waals surface area contributed by atoms with Crippen LogP contribution >= 0.6 is 0 Å². The van der Waals surface area contributed by atoms with E-state index in [0.717, 1.165) is 12.1 Å². The Morgan fingerprint density at radius 2 is 1.76 bits per heavy atom. The Kier molecular flexibility index (Phi) is 3.85. The largest absolute Gasteiger partial charge is 0.416 e. The Hall–Kier alpha value is -2.55. The molecule has 0 fully saturated rings. The highest BCUT2D eigenvalue weighted by atomic mass is 19.4. The number of rotatable bonds is 2. The molecule has 0 atom stereocenters. The molecular weight excluding hydrogens is 281 g/mol. The molecule has 0 aliphatic rings. The van der Waals surface area contributed by atoms with Crippen LogP contribution in [0.25, 0.3) is 0 Å². The van der Waals surface area contributed by atoms with E-state index in [1.807, 2.05) is 0 Å². The van der Waals surface area contributed by atoms with Crippen molar-refractivity contribution in [3.8, 4) is 6.07 Å². The fraction of sp³-hybridized carbons (Fsp3) is 0.200. The number of nitriles is 1. The van der Waals surface area contributed by atoms with Crippen molar-refractivity contribution in [2.45, 2.75) is 19.6 Å². The molecule has 2 rings (SSSR count). The Morgan fingerprint density at radius 3 is 2.29 bits per heavy atom. The van der Waals surface area contributed by atoms with Crippen LogP contribution in [0.3, 0.4) is 0 Å². The Morgan fingerprint density at radius 1 is 1.14 bits per heavy atom. The predicted octanol–water partition coefficient (Wildman–Crippen LogP) is 3.10. The molecular formula is C15H11F3N2O. The molecule has 0 aliphatic heterocycles. The molecule has 0 bridgehead atoms. The number of aromatic nitrogens is 1. The Bertz CT molecular complexity index is 752. The zero-order valence-corrected chi connectivity index (χ0v) is 11.1. The van der Waals surface area contributed by atoms with Gasteiger partial charge in [0.1, 0.15) is 11.6 Å². The van der Waals surface area contributed by atoms with Crippen molar-refractivity contribution in [2.75, 3.05) is 0 Å². The van der Waals surface area contributed by atoms with E-state index < -0.39 is 17.3 Å². The van der Waals surface area contributed by atoms with Gasteiger partial charge in [-0.2, -0.15) is 18.4 Å². The first-order chi connectivity index (χ1) is 9.82. The topological polar surface area (TPSA) is 45.8 Å². The molecule has 1 aromatic heterocycles. The van der Waals surface area contributed by atoms with Crippen LogP contribution in [-0.2, 0) is 12.7 Å². The maximum absolute atomic E-state index is 12.5. The maximum atomic E-state index is 12.5. The molecule has 1 heterocycles. The summed E-state index contributed by atoms with van der Waals surface area (Å²) in [4.78, 5) is 12.0. The van der Waals surface area contributed by atoms with Gasteiger partial charge < -0.3 is 4.57 Å². The van der Waals surface area contributed by atoms with Crippen molar-refractivity contribution in [1.82, 2.24) is 4.57 Å². The number of pyridine rings is 1. The molecule has 0 aliphatic carbocycles. The summed E-state index contributed by atoms with van der Waals surface area (Å²) < 4.78 is 38.8. The monoisotopic (exact) mass is 292 g/mol. The highest BCUT2D eigenvalue weighted by molar-refractivity contribution is 5.29. The number of aryl methyl sites for hydroxylation is 1. The minimum absolute atomic E-state index is 0.00696. The molecule has 3 nitrogen and oxygen atoms in total. The van der Waals surface area contributed by atoms with Gasteiger partial charge in [-0.25, -0.2) is 0 Å². The zero-order chi connectivity index (χ0) is 15.6. The standard InChI is InChI=1S/C15H11F3N2O/c1-10-2-5-12(8-19)14(21)20(10)9-11-3-6-13(7-4-11)15(16,17)18/h2-7H,9H2,1H3. The molecule has 108 valence electrons. The molecule has 1 aromatic carbocycles. The van der Waals surface area contributed by atoms with Crippen LogP contribution in [0.1, 0.15) is 22.4 Å². The quantitative estimate of drug-likeness (QED) is 0.854. The first kappa shape index (κ1) is 14.9. The smallest absolute Gasteiger partial charge is 0.307 e. The van der Waals surface area contributed by atoms with Gasteiger partial charge in [-0.15, -0.1) is 0 Å². The first-order valence-electron chi connectivity index (χ1n) is 6.09. The van der Waals surface area contributed by atoms with Gasteiger partial charge in [-0.05, 0) is 36.8 Å². The van der Waals surface area contributed by atoms with Gasteiger partial charge in [0.2, 0.25) is 0 Å². The lowest BCUT2D eigenvalue weighted by Crippen LogP contribution is -2.24. The average Bonchev–Trinajstić information content (AvgIpc) is 2.43. The third-order valence-corrected chi connectivity index (χ3v) is 3.13. The molecule has 0 spiro atoms. The van der Waals surface area contributed by atoms with E-state index in [1.165, 1.54) is 22.8 Å². The number of alkyl halides is 3. The van der Waals surface area contributed by atoms with Crippen molar-refractivity contribution in [1.29, 1.82) is 5.26 Å². The van der Waals surface area contributed by atoms with Crippen molar-refractivity contribution in [3.63, 3.8) is 0 Å². The third kappa shape index (κ3) is 3.14. The molecule has 0 amide bonds. The van der Waals surface area contributed by atoms with Gasteiger partial charge in [-0.1, -0.05) is 12.1 Å². The van der Waals surface area contributed by atoms with Gasteiger partial charge in [0.25, 0.3) is 5.56 Å². The lowest BCUT2D eigenvalue weighted by Gasteiger charge is -2.11. The minimum atomic E-state index is -4.38. The first-order valence-corrected chi connectivity index (χ1v) is 6.09. The van der Waals surface area contributed by atoms with E-state index in [-0.39, 0.29) is 12.1 Å². The molecule has 0 saturated carbocycles. The summed E-state index contributed by atoms with van der Waals surface area (Å²) >= 11 is 0. The Balaban J connectivity index is 2.36. The number of benzene rings is 1. The third-order valence-electron chi connectivity index (χ3n) is 3.13. The van der Waals surface area contributed by atoms with Gasteiger partial charge in [0, 0.05) is 5.69 Å². The van der Waals surface area contributed by atoms with Gasteiger partial charge in [-0.3, -0.25) is 4.79 Å². The van der Waals surface area contributed by atoms with Crippen LogP contribution in [0.2, 0.25) is 0 Å². The molecule has 2 aromatic rings. The van der Waals surface area contributed by atoms with E-state index in [0.29, 0.717) is 11.3 Å². The lowest BCUT2D eigenvalue weighted by molar-refractivity contribution is -0.137. The second kappa shape index (κ2) is 5.44. The van der Waals surface area contributed by atoms with Crippen LogP contribution in [-0.4, -0.2) is 4.57 Å². The fourth-order valence-electron chi connectivity index (χ4n) is 1.93. The molecule has 21 heavy (non-hydrogen) atoms. The number of hydrogen-bond donors (Lipinski definition) is 0. The summed E-state index contributed by atoms with van der Waals surface area (Å²) in [6, 6.07) is 9.46. The van der Waals surface area contributed by atoms with Crippen LogP contribution < -0.4 is 5.56 Å². The second-order valence-electron chi connectivity index (χ2n) is 4.59. The summed E-state index contributed by atoms with van der Waals surface area (Å²) in [5.41, 5.74) is 0.0215. The van der Waals surface area contributed by atoms with Crippen molar-refractivity contribution in [2.24, 2.45) is 0 Å². The van der Waals surface area contributed by atoms with Crippen molar-refractivity contribution in [3.05, 3.63) is 69.1 Å². The highest BCUT2D eigenvalue weighted by Gasteiger charge is 2.29. The van der Waals surface area contributed by atoms with Gasteiger partial charge >= 0.3 is 6.18 Å². The molecule has 0 unspecified atom stereocenters. The summed E-state index contributed by atoms with van der Waals surface area (Å²) in [7, 11) is 0. The molecule has 6 heteroatoms. The van der Waals surface area contributed by atoms with Crippen LogP contribution in [0.4, 0.5) is 13.2 Å². The molecule has 0 radical (unpaired) electrons. The van der Waals surface area contributed by atoms with Gasteiger partial charge in [0.15, 0.2) is 0 Å². The number of hydrogen-bond acceptors (Lipinski definition) is 2. The van der Waals surface area contributed by atoms with E-state index in [9.17, 15) is 18.0 Å². The molecule has 0 saturated heterocycles. The van der Waals surface area contributed by atoms with E-state index in [1.54, 1.807) is 19.1 Å². The SMILES string of the molecule is Cc1ccc(C#N)c(=O)n1Cc1ccc(C(F)(F)F)cc1. The summed E-state index contributed by atoms with van der Waals surface area (Å²) in [5.74, 6) is 0. The van der Waals surface area contributed by atoms with Crippen molar-refractivity contribution >= 4 is 0 Å². The maximum Gasteiger partial charge on any atom is 0.416 e. The van der Waals surface area contributed by atoms with Crippen molar-refractivity contribution < 1.29 is 13.2 Å². The summed E-state index contributed by atoms with van der Waals surface area (Å²) in [6.45, 7) is 1.82. The summed E-state index contributed by atoms with van der Waals surface area (Å²) in [5, 5.41) is 8.84.